The average molecular weight is 418 g/mol. The number of para-hydroxylation sites is 2. The molecule has 0 saturated heterocycles. The summed E-state index contributed by atoms with van der Waals surface area (Å²) in [4.78, 5) is 17.4. The Morgan fingerprint density at radius 2 is 1.67 bits per heavy atom. The van der Waals surface area contributed by atoms with E-state index in [-0.39, 0.29) is 11.9 Å². The number of aromatic nitrogens is 2. The quantitative estimate of drug-likeness (QED) is 0.428. The summed E-state index contributed by atoms with van der Waals surface area (Å²) in [6, 6.07) is 25.7. The summed E-state index contributed by atoms with van der Waals surface area (Å²) >= 11 is 6.03. The van der Waals surface area contributed by atoms with Crippen LogP contribution in [0.15, 0.2) is 78.9 Å². The topological polar surface area (TPSA) is 46.9 Å². The molecule has 1 amide bonds. The molecule has 0 radical (unpaired) electrons. The smallest absolute Gasteiger partial charge is 0.220 e. The lowest BCUT2D eigenvalue weighted by Crippen LogP contribution is -2.29. The van der Waals surface area contributed by atoms with E-state index in [2.05, 4.69) is 16.0 Å². The molecular formula is C25H24ClN3O. The largest absolute Gasteiger partial charge is 0.346 e. The van der Waals surface area contributed by atoms with E-state index in [1.807, 2.05) is 79.7 Å². The van der Waals surface area contributed by atoms with Crippen LogP contribution in [0.3, 0.4) is 0 Å². The molecule has 30 heavy (non-hydrogen) atoms. The van der Waals surface area contributed by atoms with Crippen LogP contribution in [0.2, 0.25) is 5.02 Å². The van der Waals surface area contributed by atoms with E-state index in [1.165, 1.54) is 0 Å². The Morgan fingerprint density at radius 3 is 2.43 bits per heavy atom. The van der Waals surface area contributed by atoms with E-state index in [4.69, 9.17) is 16.6 Å². The molecule has 0 aliphatic carbocycles. The molecule has 0 fully saturated rings. The maximum atomic E-state index is 12.6. The zero-order valence-corrected chi connectivity index (χ0v) is 17.6. The van der Waals surface area contributed by atoms with Gasteiger partial charge in [-0.2, -0.15) is 0 Å². The standard InChI is InChI=1S/C25H24ClN3O/c1-18(27-24(30)16-13-19-7-3-2-4-8-19)25-28-22-9-5-6-10-23(22)29(25)17-20-11-14-21(26)15-12-20/h2-12,14-15,18H,13,16-17H2,1H3,(H,27,30). The fraction of sp³-hybridized carbons (Fsp3) is 0.200. The first-order chi connectivity index (χ1) is 14.6. The predicted molar refractivity (Wildman–Crippen MR) is 122 cm³/mol. The molecule has 0 bridgehead atoms. The number of hydrogen-bond donors (Lipinski definition) is 1. The van der Waals surface area contributed by atoms with Gasteiger partial charge >= 0.3 is 0 Å². The molecule has 0 saturated carbocycles. The van der Waals surface area contributed by atoms with Crippen molar-refractivity contribution in [3.8, 4) is 0 Å². The zero-order valence-electron chi connectivity index (χ0n) is 16.9. The first kappa shape index (κ1) is 20.2. The second kappa shape index (κ2) is 9.14. The maximum Gasteiger partial charge on any atom is 0.220 e. The molecule has 1 heterocycles. The number of fused-ring (bicyclic) bond motifs is 1. The van der Waals surface area contributed by atoms with E-state index in [9.17, 15) is 4.79 Å². The monoisotopic (exact) mass is 417 g/mol. The van der Waals surface area contributed by atoms with E-state index >= 15 is 0 Å². The van der Waals surface area contributed by atoms with Crippen LogP contribution in [-0.4, -0.2) is 15.5 Å². The van der Waals surface area contributed by atoms with Crippen molar-refractivity contribution in [2.45, 2.75) is 32.4 Å². The van der Waals surface area contributed by atoms with Crippen LogP contribution in [0.5, 0.6) is 0 Å². The number of benzene rings is 3. The number of nitrogens with one attached hydrogen (secondary N) is 1. The minimum absolute atomic E-state index is 0.0245. The van der Waals surface area contributed by atoms with Crippen LogP contribution < -0.4 is 5.32 Å². The Kier molecular flexibility index (Phi) is 6.15. The second-order valence-electron chi connectivity index (χ2n) is 7.45. The van der Waals surface area contributed by atoms with Crippen LogP contribution >= 0.6 is 11.6 Å². The molecule has 1 atom stereocenters. The van der Waals surface area contributed by atoms with Gasteiger partial charge in [-0.3, -0.25) is 4.79 Å². The highest BCUT2D eigenvalue weighted by molar-refractivity contribution is 6.30. The Balaban J connectivity index is 1.53. The van der Waals surface area contributed by atoms with Gasteiger partial charge < -0.3 is 9.88 Å². The summed E-state index contributed by atoms with van der Waals surface area (Å²) in [6.07, 6.45) is 1.17. The Morgan fingerprint density at radius 1 is 0.967 bits per heavy atom. The van der Waals surface area contributed by atoms with Gasteiger partial charge in [-0.25, -0.2) is 4.98 Å². The lowest BCUT2D eigenvalue weighted by atomic mass is 10.1. The van der Waals surface area contributed by atoms with Crippen molar-refractivity contribution in [1.82, 2.24) is 14.9 Å². The van der Waals surface area contributed by atoms with Crippen LogP contribution in [0.1, 0.15) is 36.3 Å². The van der Waals surface area contributed by atoms with Crippen LogP contribution in [0.25, 0.3) is 11.0 Å². The number of rotatable bonds is 7. The Bertz CT molecular complexity index is 1140. The summed E-state index contributed by atoms with van der Waals surface area (Å²) in [7, 11) is 0. The lowest BCUT2D eigenvalue weighted by molar-refractivity contribution is -0.121. The number of carbonyl (C=O) groups is 1. The molecular weight excluding hydrogens is 394 g/mol. The van der Waals surface area contributed by atoms with Crippen molar-refractivity contribution in [2.24, 2.45) is 0 Å². The number of imidazole rings is 1. The van der Waals surface area contributed by atoms with Crippen LogP contribution in [0, 0.1) is 0 Å². The Hall–Kier alpha value is -3.11. The fourth-order valence-corrected chi connectivity index (χ4v) is 3.77. The molecule has 3 aromatic carbocycles. The molecule has 4 rings (SSSR count). The SMILES string of the molecule is CC(NC(=O)CCc1ccccc1)c1nc2ccccc2n1Cc1ccc(Cl)cc1. The minimum atomic E-state index is -0.201. The third-order valence-electron chi connectivity index (χ3n) is 5.19. The van der Waals surface area contributed by atoms with Crippen LogP contribution in [-0.2, 0) is 17.8 Å². The highest BCUT2D eigenvalue weighted by Crippen LogP contribution is 2.23. The summed E-state index contributed by atoms with van der Waals surface area (Å²) in [5.41, 5.74) is 4.27. The van der Waals surface area contributed by atoms with Crippen molar-refractivity contribution in [1.29, 1.82) is 0 Å². The van der Waals surface area contributed by atoms with Gasteiger partial charge in [0.05, 0.1) is 17.1 Å². The van der Waals surface area contributed by atoms with Gasteiger partial charge in [0.1, 0.15) is 5.82 Å². The Labute approximate surface area is 181 Å². The number of aryl methyl sites for hydroxylation is 1. The normalized spacial score (nSPS) is 12.1. The van der Waals surface area contributed by atoms with Gasteiger partial charge in [0.25, 0.3) is 0 Å². The maximum absolute atomic E-state index is 12.6. The summed E-state index contributed by atoms with van der Waals surface area (Å²) in [5, 5.41) is 3.84. The van der Waals surface area contributed by atoms with Gasteiger partial charge in [0.15, 0.2) is 0 Å². The van der Waals surface area contributed by atoms with E-state index in [0.29, 0.717) is 18.0 Å². The summed E-state index contributed by atoms with van der Waals surface area (Å²) in [5.74, 6) is 0.871. The van der Waals surface area contributed by atoms with Crippen molar-refractivity contribution < 1.29 is 4.79 Å². The minimum Gasteiger partial charge on any atom is -0.346 e. The first-order valence-corrected chi connectivity index (χ1v) is 10.5. The van der Waals surface area contributed by atoms with E-state index < -0.39 is 0 Å². The second-order valence-corrected chi connectivity index (χ2v) is 7.88. The van der Waals surface area contributed by atoms with Crippen molar-refractivity contribution in [2.75, 3.05) is 0 Å². The number of amides is 1. The molecule has 5 heteroatoms. The average Bonchev–Trinajstić information content (AvgIpc) is 3.13. The van der Waals surface area contributed by atoms with Crippen molar-refractivity contribution >= 4 is 28.5 Å². The summed E-state index contributed by atoms with van der Waals surface area (Å²) < 4.78 is 2.17. The van der Waals surface area contributed by atoms with Crippen LogP contribution in [0.4, 0.5) is 0 Å². The third-order valence-corrected chi connectivity index (χ3v) is 5.44. The van der Waals surface area contributed by atoms with Gasteiger partial charge in [0.2, 0.25) is 5.91 Å². The highest BCUT2D eigenvalue weighted by Gasteiger charge is 2.18. The third kappa shape index (κ3) is 4.71. The van der Waals surface area contributed by atoms with E-state index in [0.717, 1.165) is 34.4 Å². The fourth-order valence-electron chi connectivity index (χ4n) is 3.64. The lowest BCUT2D eigenvalue weighted by Gasteiger charge is -2.17. The van der Waals surface area contributed by atoms with Crippen molar-refractivity contribution in [3.63, 3.8) is 0 Å². The van der Waals surface area contributed by atoms with Gasteiger partial charge in [0, 0.05) is 18.0 Å². The van der Waals surface area contributed by atoms with Crippen molar-refractivity contribution in [3.05, 3.63) is 101 Å². The van der Waals surface area contributed by atoms with Gasteiger partial charge in [-0.1, -0.05) is 66.2 Å². The number of carbonyl (C=O) groups excluding carboxylic acids is 1. The molecule has 4 nitrogen and oxygen atoms in total. The van der Waals surface area contributed by atoms with Gasteiger partial charge in [-0.05, 0) is 48.7 Å². The molecule has 1 aromatic heterocycles. The molecule has 0 spiro atoms. The molecule has 0 aliphatic heterocycles. The number of nitrogens with zero attached hydrogens (tertiary/aromatic N) is 2. The number of halogens is 1. The highest BCUT2D eigenvalue weighted by atomic mass is 35.5. The molecule has 4 aromatic rings. The molecule has 0 aliphatic rings. The molecule has 152 valence electrons. The van der Waals surface area contributed by atoms with Gasteiger partial charge in [-0.15, -0.1) is 0 Å². The zero-order chi connectivity index (χ0) is 20.9. The summed E-state index contributed by atoms with van der Waals surface area (Å²) in [6.45, 7) is 2.65. The first-order valence-electron chi connectivity index (χ1n) is 10.1. The molecule has 1 unspecified atom stereocenters. The molecule has 1 N–H and O–H groups in total. The number of hydrogen-bond acceptors (Lipinski definition) is 2. The van der Waals surface area contributed by atoms with E-state index in [1.54, 1.807) is 0 Å². The predicted octanol–water partition coefficient (Wildman–Crippen LogP) is 5.55.